The van der Waals surface area contributed by atoms with Crippen molar-refractivity contribution in [1.29, 1.82) is 0 Å². The Morgan fingerprint density at radius 2 is 2.18 bits per heavy atom. The van der Waals surface area contributed by atoms with Crippen molar-refractivity contribution >= 4 is 28.4 Å². The van der Waals surface area contributed by atoms with Crippen LogP contribution in [0.4, 0.5) is 0 Å². The zero-order valence-electron chi connectivity index (χ0n) is 12.2. The van der Waals surface area contributed by atoms with E-state index in [2.05, 4.69) is 10.3 Å². The second kappa shape index (κ2) is 6.15. The van der Waals surface area contributed by atoms with E-state index in [1.165, 1.54) is 4.57 Å². The number of carbonyl (C=O) groups is 1. The number of thiophene rings is 1. The van der Waals surface area contributed by atoms with Crippen molar-refractivity contribution in [3.63, 3.8) is 0 Å². The van der Waals surface area contributed by atoms with E-state index in [-0.39, 0.29) is 18.1 Å². The SMILES string of the molecule is CCn1c(=O)n(CC(=O)NCc2cccs2)c2cccnc21. The van der Waals surface area contributed by atoms with E-state index in [9.17, 15) is 9.59 Å². The third kappa shape index (κ3) is 2.67. The third-order valence-corrected chi connectivity index (χ3v) is 4.31. The van der Waals surface area contributed by atoms with Gasteiger partial charge in [0.25, 0.3) is 0 Å². The summed E-state index contributed by atoms with van der Waals surface area (Å²) >= 11 is 1.59. The Morgan fingerprint density at radius 1 is 1.32 bits per heavy atom. The van der Waals surface area contributed by atoms with Crippen molar-refractivity contribution in [3.8, 4) is 0 Å². The highest BCUT2D eigenvalue weighted by atomic mass is 32.1. The molecule has 6 nitrogen and oxygen atoms in total. The topological polar surface area (TPSA) is 68.9 Å². The number of hydrogen-bond donors (Lipinski definition) is 1. The number of nitrogens with one attached hydrogen (secondary N) is 1. The van der Waals surface area contributed by atoms with Gasteiger partial charge in [0.15, 0.2) is 5.65 Å². The molecule has 114 valence electrons. The number of rotatable bonds is 5. The van der Waals surface area contributed by atoms with E-state index in [0.29, 0.717) is 24.3 Å². The van der Waals surface area contributed by atoms with Crippen molar-refractivity contribution in [2.45, 2.75) is 26.6 Å². The lowest BCUT2D eigenvalue weighted by atomic mass is 10.4. The highest BCUT2D eigenvalue weighted by Crippen LogP contribution is 2.10. The van der Waals surface area contributed by atoms with Crippen LogP contribution in [0.3, 0.4) is 0 Å². The van der Waals surface area contributed by atoms with Gasteiger partial charge in [-0.25, -0.2) is 9.78 Å². The number of hydrogen-bond acceptors (Lipinski definition) is 4. The van der Waals surface area contributed by atoms with Crippen molar-refractivity contribution in [2.75, 3.05) is 0 Å². The fourth-order valence-electron chi connectivity index (χ4n) is 2.38. The molecule has 0 fully saturated rings. The first-order valence-corrected chi connectivity index (χ1v) is 7.91. The summed E-state index contributed by atoms with van der Waals surface area (Å²) in [5, 5.41) is 4.80. The maximum atomic E-state index is 12.4. The van der Waals surface area contributed by atoms with Gasteiger partial charge in [-0.05, 0) is 30.5 Å². The molecule has 3 aromatic rings. The maximum Gasteiger partial charge on any atom is 0.330 e. The molecule has 0 aromatic carbocycles. The Morgan fingerprint density at radius 3 is 2.91 bits per heavy atom. The Kier molecular flexibility index (Phi) is 4.06. The summed E-state index contributed by atoms with van der Waals surface area (Å²) in [6.07, 6.45) is 1.65. The predicted molar refractivity (Wildman–Crippen MR) is 85.8 cm³/mol. The molecule has 0 saturated heterocycles. The van der Waals surface area contributed by atoms with Crippen molar-refractivity contribution in [2.24, 2.45) is 0 Å². The van der Waals surface area contributed by atoms with E-state index in [1.54, 1.807) is 28.2 Å². The summed E-state index contributed by atoms with van der Waals surface area (Å²) < 4.78 is 3.04. The summed E-state index contributed by atoms with van der Waals surface area (Å²) in [5.74, 6) is -0.186. The van der Waals surface area contributed by atoms with Crippen LogP contribution in [0.5, 0.6) is 0 Å². The minimum absolute atomic E-state index is 0.000593. The molecular weight excluding hydrogens is 300 g/mol. The summed E-state index contributed by atoms with van der Waals surface area (Å²) in [6.45, 7) is 2.89. The van der Waals surface area contributed by atoms with Crippen LogP contribution < -0.4 is 11.0 Å². The number of imidazole rings is 1. The van der Waals surface area contributed by atoms with Crippen molar-refractivity contribution < 1.29 is 4.79 Å². The molecule has 3 heterocycles. The number of fused-ring (bicyclic) bond motifs is 1. The smallest absolute Gasteiger partial charge is 0.330 e. The van der Waals surface area contributed by atoms with Crippen LogP contribution in [0.1, 0.15) is 11.8 Å². The van der Waals surface area contributed by atoms with E-state index in [1.807, 2.05) is 30.5 Å². The Labute approximate surface area is 131 Å². The van der Waals surface area contributed by atoms with Crippen molar-refractivity contribution in [1.82, 2.24) is 19.4 Å². The van der Waals surface area contributed by atoms with Gasteiger partial charge in [-0.3, -0.25) is 13.9 Å². The van der Waals surface area contributed by atoms with Gasteiger partial charge in [-0.2, -0.15) is 0 Å². The first-order chi connectivity index (χ1) is 10.7. The normalized spacial score (nSPS) is 11.0. The van der Waals surface area contributed by atoms with E-state index < -0.39 is 0 Å². The predicted octanol–water partition coefficient (Wildman–Crippen LogP) is 1.60. The minimum atomic E-state index is -0.206. The van der Waals surface area contributed by atoms with Crippen LogP contribution in [0.25, 0.3) is 11.2 Å². The van der Waals surface area contributed by atoms with Crippen LogP contribution in [0, 0.1) is 0 Å². The number of amides is 1. The number of aryl methyl sites for hydroxylation is 1. The molecule has 0 atom stereocenters. The second-order valence-electron chi connectivity index (χ2n) is 4.82. The van der Waals surface area contributed by atoms with Gasteiger partial charge in [-0.15, -0.1) is 11.3 Å². The molecule has 0 aliphatic heterocycles. The number of pyridine rings is 1. The molecule has 1 N–H and O–H groups in total. The lowest BCUT2D eigenvalue weighted by Crippen LogP contribution is -2.32. The maximum absolute atomic E-state index is 12.4. The quantitative estimate of drug-likeness (QED) is 0.777. The third-order valence-electron chi connectivity index (χ3n) is 3.43. The Hall–Kier alpha value is -2.41. The van der Waals surface area contributed by atoms with Crippen LogP contribution in [-0.2, 0) is 24.4 Å². The fourth-order valence-corrected chi connectivity index (χ4v) is 3.03. The van der Waals surface area contributed by atoms with Crippen LogP contribution in [0.2, 0.25) is 0 Å². The molecule has 0 bridgehead atoms. The molecule has 0 spiro atoms. The van der Waals surface area contributed by atoms with Gasteiger partial charge >= 0.3 is 5.69 Å². The lowest BCUT2D eigenvalue weighted by Gasteiger charge is -2.04. The van der Waals surface area contributed by atoms with Crippen LogP contribution in [0.15, 0.2) is 40.6 Å². The largest absolute Gasteiger partial charge is 0.350 e. The molecule has 0 saturated carbocycles. The van der Waals surface area contributed by atoms with Crippen molar-refractivity contribution in [3.05, 3.63) is 51.2 Å². The second-order valence-corrected chi connectivity index (χ2v) is 5.85. The average Bonchev–Trinajstić information content (AvgIpc) is 3.13. The molecule has 0 radical (unpaired) electrons. The monoisotopic (exact) mass is 316 g/mol. The lowest BCUT2D eigenvalue weighted by molar-refractivity contribution is -0.121. The molecular formula is C15H16N4O2S. The summed E-state index contributed by atoms with van der Waals surface area (Å²) in [6, 6.07) is 7.48. The Bertz CT molecular complexity index is 848. The first kappa shape index (κ1) is 14.5. The number of carbonyl (C=O) groups excluding carboxylic acids is 1. The van der Waals surface area contributed by atoms with Gasteiger partial charge in [-0.1, -0.05) is 6.07 Å². The molecule has 7 heteroatoms. The average molecular weight is 316 g/mol. The molecule has 3 rings (SSSR count). The molecule has 3 aromatic heterocycles. The minimum Gasteiger partial charge on any atom is -0.350 e. The zero-order valence-corrected chi connectivity index (χ0v) is 13.0. The molecule has 0 unspecified atom stereocenters. The Balaban J connectivity index is 1.83. The van der Waals surface area contributed by atoms with Gasteiger partial charge in [0.1, 0.15) is 6.54 Å². The van der Waals surface area contributed by atoms with Gasteiger partial charge in [0.05, 0.1) is 12.1 Å². The summed E-state index contributed by atoms with van der Waals surface area (Å²) in [4.78, 5) is 29.8. The number of nitrogens with zero attached hydrogens (tertiary/aromatic N) is 3. The van der Waals surface area contributed by atoms with Crippen LogP contribution >= 0.6 is 11.3 Å². The summed E-state index contributed by atoms with van der Waals surface area (Å²) in [5.41, 5.74) is 1.09. The standard InChI is InChI=1S/C15H16N4O2S/c1-2-18-14-12(6-3-7-16-14)19(15(18)21)10-13(20)17-9-11-5-4-8-22-11/h3-8H,2,9-10H2,1H3,(H,17,20). The molecule has 1 amide bonds. The molecule has 22 heavy (non-hydrogen) atoms. The van der Waals surface area contributed by atoms with E-state index in [0.717, 1.165) is 4.88 Å². The van der Waals surface area contributed by atoms with Crippen LogP contribution in [-0.4, -0.2) is 20.0 Å². The fraction of sp³-hybridized carbons (Fsp3) is 0.267. The van der Waals surface area contributed by atoms with Gasteiger partial charge in [0.2, 0.25) is 5.91 Å². The summed E-state index contributed by atoms with van der Waals surface area (Å²) in [7, 11) is 0. The van der Waals surface area contributed by atoms with Gasteiger partial charge < -0.3 is 5.32 Å². The zero-order chi connectivity index (χ0) is 15.5. The van der Waals surface area contributed by atoms with E-state index >= 15 is 0 Å². The molecule has 0 aliphatic rings. The number of aromatic nitrogens is 3. The molecule has 0 aliphatic carbocycles. The van der Waals surface area contributed by atoms with Gasteiger partial charge in [0, 0.05) is 17.6 Å². The van der Waals surface area contributed by atoms with E-state index in [4.69, 9.17) is 0 Å². The first-order valence-electron chi connectivity index (χ1n) is 7.04. The highest BCUT2D eigenvalue weighted by Gasteiger charge is 2.15. The highest BCUT2D eigenvalue weighted by molar-refractivity contribution is 7.09.